The zero-order valence-electron chi connectivity index (χ0n) is 12.8. The van der Waals surface area contributed by atoms with Gasteiger partial charge in [0, 0.05) is 14.8 Å². The van der Waals surface area contributed by atoms with E-state index < -0.39 is 5.91 Å². The van der Waals surface area contributed by atoms with Crippen molar-refractivity contribution in [3.63, 3.8) is 0 Å². The van der Waals surface area contributed by atoms with Crippen LogP contribution in [-0.2, 0) is 4.79 Å². The van der Waals surface area contributed by atoms with Crippen LogP contribution in [0.1, 0.15) is 14.5 Å². The van der Waals surface area contributed by atoms with E-state index in [2.05, 4.69) is 26.8 Å². The molecule has 0 radical (unpaired) electrons. The lowest BCUT2D eigenvalue weighted by atomic mass is 10.4. The van der Waals surface area contributed by atoms with Gasteiger partial charge in [0.1, 0.15) is 4.88 Å². The Bertz CT molecular complexity index is 750. The van der Waals surface area contributed by atoms with Gasteiger partial charge in [-0.05, 0) is 47.1 Å². The molecule has 0 saturated heterocycles. The number of hydrazine groups is 1. The van der Waals surface area contributed by atoms with Crippen LogP contribution in [0.2, 0.25) is 5.02 Å². The van der Waals surface area contributed by atoms with E-state index in [0.717, 1.165) is 14.2 Å². The minimum Gasteiger partial charge on any atom is -0.494 e. The fourth-order valence-corrected chi connectivity index (χ4v) is 4.20. The van der Waals surface area contributed by atoms with Gasteiger partial charge >= 0.3 is 0 Å². The van der Waals surface area contributed by atoms with Gasteiger partial charge in [-0.15, -0.1) is 23.1 Å². The largest absolute Gasteiger partial charge is 0.494 e. The van der Waals surface area contributed by atoms with Crippen LogP contribution >= 0.6 is 50.6 Å². The van der Waals surface area contributed by atoms with E-state index in [0.29, 0.717) is 15.6 Å². The quantitative estimate of drug-likeness (QED) is 0.534. The zero-order valence-corrected chi connectivity index (χ0v) is 16.8. The summed E-state index contributed by atoms with van der Waals surface area (Å²) in [6, 6.07) is 7.17. The van der Waals surface area contributed by atoms with Crippen molar-refractivity contribution in [3.8, 4) is 5.75 Å². The Balaban J connectivity index is 1.86. The number of halogens is 2. The van der Waals surface area contributed by atoms with Crippen molar-refractivity contribution in [3.05, 3.63) is 43.5 Å². The molecule has 5 nitrogen and oxygen atoms in total. The number of carbonyl (C=O) groups excluding carboxylic acids is 2. The lowest BCUT2D eigenvalue weighted by Gasteiger charge is -2.07. The second-order valence-corrected chi connectivity index (χ2v) is 8.08. The molecule has 2 N–H and O–H groups in total. The van der Waals surface area contributed by atoms with Crippen LogP contribution in [0.25, 0.3) is 0 Å². The molecule has 0 aliphatic carbocycles. The molecular formula is C15H14BrClN2O3S2. The summed E-state index contributed by atoms with van der Waals surface area (Å²) in [7, 11) is 1.49. The number of nitrogens with one attached hydrogen (secondary N) is 2. The number of hydrogen-bond donors (Lipinski definition) is 2. The van der Waals surface area contributed by atoms with Crippen LogP contribution in [-0.4, -0.2) is 24.7 Å². The van der Waals surface area contributed by atoms with Crippen LogP contribution in [0, 0.1) is 6.92 Å². The number of ether oxygens (including phenoxy) is 1. The topological polar surface area (TPSA) is 67.4 Å². The molecule has 0 saturated carbocycles. The third kappa shape index (κ3) is 4.89. The van der Waals surface area contributed by atoms with Gasteiger partial charge in [0.05, 0.1) is 17.3 Å². The Morgan fingerprint density at radius 3 is 2.58 bits per heavy atom. The van der Waals surface area contributed by atoms with E-state index in [-0.39, 0.29) is 11.7 Å². The SMILES string of the molecule is COc1c(C(=O)NNC(=O)CSc2ccc(Cl)cc2)sc(C)c1Br. The van der Waals surface area contributed by atoms with E-state index in [9.17, 15) is 9.59 Å². The van der Waals surface area contributed by atoms with Crippen LogP contribution in [0.4, 0.5) is 0 Å². The van der Waals surface area contributed by atoms with Crippen molar-refractivity contribution in [1.29, 1.82) is 0 Å². The Morgan fingerprint density at radius 1 is 1.29 bits per heavy atom. The molecule has 24 heavy (non-hydrogen) atoms. The predicted molar refractivity (Wildman–Crippen MR) is 101 cm³/mol. The fourth-order valence-electron chi connectivity index (χ4n) is 1.73. The van der Waals surface area contributed by atoms with E-state index in [1.54, 1.807) is 12.1 Å². The zero-order chi connectivity index (χ0) is 17.7. The van der Waals surface area contributed by atoms with Gasteiger partial charge in [-0.1, -0.05) is 11.6 Å². The molecule has 1 aromatic carbocycles. The number of methoxy groups -OCH3 is 1. The molecule has 0 spiro atoms. The van der Waals surface area contributed by atoms with Crippen molar-refractivity contribution in [2.45, 2.75) is 11.8 Å². The highest BCUT2D eigenvalue weighted by atomic mass is 79.9. The molecular weight excluding hydrogens is 436 g/mol. The van der Waals surface area contributed by atoms with Gasteiger partial charge in [0.25, 0.3) is 5.91 Å². The van der Waals surface area contributed by atoms with Crippen molar-refractivity contribution < 1.29 is 14.3 Å². The molecule has 1 heterocycles. The molecule has 2 rings (SSSR count). The van der Waals surface area contributed by atoms with Gasteiger partial charge in [-0.25, -0.2) is 0 Å². The molecule has 0 aliphatic rings. The summed E-state index contributed by atoms with van der Waals surface area (Å²) in [5.74, 6) is -0.100. The summed E-state index contributed by atoms with van der Waals surface area (Å²) in [6.07, 6.45) is 0. The first kappa shape index (κ1) is 19.1. The summed E-state index contributed by atoms with van der Waals surface area (Å²) in [5.41, 5.74) is 4.79. The number of amides is 2. The van der Waals surface area contributed by atoms with Gasteiger partial charge in [-0.2, -0.15) is 0 Å². The van der Waals surface area contributed by atoms with Gasteiger partial charge in [-0.3, -0.25) is 20.4 Å². The highest BCUT2D eigenvalue weighted by Gasteiger charge is 2.21. The van der Waals surface area contributed by atoms with Crippen molar-refractivity contribution in [2.75, 3.05) is 12.9 Å². The number of rotatable bonds is 5. The van der Waals surface area contributed by atoms with Crippen LogP contribution in [0.15, 0.2) is 33.6 Å². The number of carbonyl (C=O) groups is 2. The Morgan fingerprint density at radius 2 is 1.96 bits per heavy atom. The lowest BCUT2D eigenvalue weighted by Crippen LogP contribution is -2.42. The highest BCUT2D eigenvalue weighted by Crippen LogP contribution is 2.38. The van der Waals surface area contributed by atoms with Crippen LogP contribution in [0.3, 0.4) is 0 Å². The molecule has 9 heteroatoms. The maximum absolute atomic E-state index is 12.2. The number of thioether (sulfide) groups is 1. The Kier molecular flexibility index (Phi) is 6.97. The molecule has 0 aliphatic heterocycles. The molecule has 1 aromatic heterocycles. The fraction of sp³-hybridized carbons (Fsp3) is 0.200. The summed E-state index contributed by atoms with van der Waals surface area (Å²) >= 11 is 11.8. The smallest absolute Gasteiger partial charge is 0.283 e. The molecule has 2 amide bonds. The van der Waals surface area contributed by atoms with E-state index in [4.69, 9.17) is 16.3 Å². The summed E-state index contributed by atoms with van der Waals surface area (Å²) in [5, 5.41) is 0.641. The van der Waals surface area contributed by atoms with Crippen LogP contribution < -0.4 is 15.6 Å². The monoisotopic (exact) mass is 448 g/mol. The van der Waals surface area contributed by atoms with Gasteiger partial charge < -0.3 is 4.74 Å². The predicted octanol–water partition coefficient (Wildman–Crippen LogP) is 4.03. The third-order valence-corrected chi connectivity index (χ3v) is 6.45. The van der Waals surface area contributed by atoms with E-state index in [1.807, 2.05) is 19.1 Å². The number of benzene rings is 1. The Hall–Kier alpha value is -1.22. The molecule has 2 aromatic rings. The van der Waals surface area contributed by atoms with Gasteiger partial charge in [0.2, 0.25) is 5.91 Å². The number of aryl methyl sites for hydroxylation is 1. The van der Waals surface area contributed by atoms with Crippen LogP contribution in [0.5, 0.6) is 5.75 Å². The molecule has 0 atom stereocenters. The Labute approximate surface area is 161 Å². The van der Waals surface area contributed by atoms with Gasteiger partial charge in [0.15, 0.2) is 5.75 Å². The van der Waals surface area contributed by atoms with Crippen molar-refractivity contribution in [2.24, 2.45) is 0 Å². The molecule has 0 fully saturated rings. The number of hydrogen-bond acceptors (Lipinski definition) is 5. The summed E-state index contributed by atoms with van der Waals surface area (Å²) in [4.78, 5) is 26.2. The van der Waals surface area contributed by atoms with E-state index in [1.165, 1.54) is 30.2 Å². The maximum Gasteiger partial charge on any atom is 0.283 e. The van der Waals surface area contributed by atoms with Crippen molar-refractivity contribution >= 4 is 62.4 Å². The molecule has 128 valence electrons. The average Bonchev–Trinajstić information content (AvgIpc) is 2.86. The third-order valence-electron chi connectivity index (χ3n) is 2.88. The summed E-state index contributed by atoms with van der Waals surface area (Å²) < 4.78 is 5.96. The first-order valence-corrected chi connectivity index (χ1v) is 9.70. The van der Waals surface area contributed by atoms with Crippen molar-refractivity contribution in [1.82, 2.24) is 10.9 Å². The molecule has 0 unspecified atom stereocenters. The second kappa shape index (κ2) is 8.75. The molecule has 0 bridgehead atoms. The number of thiophene rings is 1. The maximum atomic E-state index is 12.2. The lowest BCUT2D eigenvalue weighted by molar-refractivity contribution is -0.119. The minimum atomic E-state index is -0.421. The minimum absolute atomic E-state index is 0.173. The van der Waals surface area contributed by atoms with E-state index >= 15 is 0 Å². The highest BCUT2D eigenvalue weighted by molar-refractivity contribution is 9.10. The average molecular weight is 450 g/mol. The normalized spacial score (nSPS) is 10.3. The first-order valence-electron chi connectivity index (χ1n) is 6.72. The first-order chi connectivity index (χ1) is 11.4. The second-order valence-electron chi connectivity index (χ2n) is 4.58. The summed E-state index contributed by atoms with van der Waals surface area (Å²) in [6.45, 7) is 1.87. The standard InChI is InChI=1S/C15H14BrClN2O3S2/c1-8-12(16)13(22-2)14(24-8)15(21)19-18-11(20)7-23-10-5-3-9(17)4-6-10/h3-6H,7H2,1-2H3,(H,18,20)(H,19,21).